The average Bonchev–Trinajstić information content (AvgIpc) is 2.79. The van der Waals surface area contributed by atoms with Gasteiger partial charge in [-0.15, -0.1) is 11.3 Å². The zero-order chi connectivity index (χ0) is 14.0. The molecule has 2 rings (SSSR count). The van der Waals surface area contributed by atoms with Crippen molar-refractivity contribution in [3.63, 3.8) is 0 Å². The molecule has 19 heavy (non-hydrogen) atoms. The lowest BCUT2D eigenvalue weighted by Gasteiger charge is -2.05. The number of hydrogen-bond donors (Lipinski definition) is 1. The number of carboxylic acid groups (broad SMARTS) is 1. The molecule has 0 unspecified atom stereocenters. The Hall–Kier alpha value is -2.48. The zero-order valence-electron chi connectivity index (χ0n) is 9.20. The number of hydrogen-bond acceptors (Lipinski definition) is 5. The number of thiophene rings is 1. The number of aromatic carboxylic acids is 1. The Bertz CT molecular complexity index is 654. The van der Waals surface area contributed by atoms with Crippen molar-refractivity contribution in [1.29, 1.82) is 0 Å². The first-order valence-electron chi connectivity index (χ1n) is 4.91. The van der Waals surface area contributed by atoms with Crippen molar-refractivity contribution >= 4 is 23.0 Å². The molecule has 6 nitrogen and oxygen atoms in total. The van der Waals surface area contributed by atoms with Gasteiger partial charge in [0.2, 0.25) is 0 Å². The third-order valence-corrected chi connectivity index (χ3v) is 3.05. The minimum atomic E-state index is -1.19. The molecule has 1 aromatic carbocycles. The van der Waals surface area contributed by atoms with Crippen molar-refractivity contribution in [3.8, 4) is 11.5 Å². The highest BCUT2D eigenvalue weighted by Gasteiger charge is 2.17. The largest absolute Gasteiger partial charge is 0.477 e. The van der Waals surface area contributed by atoms with E-state index < -0.39 is 22.4 Å². The third kappa shape index (κ3) is 2.68. The van der Waals surface area contributed by atoms with Gasteiger partial charge in [0, 0.05) is 6.07 Å². The molecule has 1 heterocycles. The van der Waals surface area contributed by atoms with E-state index in [9.17, 15) is 19.3 Å². The van der Waals surface area contributed by atoms with Crippen molar-refractivity contribution in [3.05, 3.63) is 50.5 Å². The van der Waals surface area contributed by atoms with E-state index in [1.807, 2.05) is 0 Å². The van der Waals surface area contributed by atoms with E-state index in [-0.39, 0.29) is 16.4 Å². The van der Waals surface area contributed by atoms with Gasteiger partial charge in [0.05, 0.1) is 11.0 Å². The number of halogens is 1. The molecule has 8 heteroatoms. The summed E-state index contributed by atoms with van der Waals surface area (Å²) in [6.45, 7) is 0. The van der Waals surface area contributed by atoms with Gasteiger partial charge in [-0.3, -0.25) is 10.1 Å². The van der Waals surface area contributed by atoms with Crippen LogP contribution in [0.1, 0.15) is 9.67 Å². The fourth-order valence-electron chi connectivity index (χ4n) is 1.34. The first-order chi connectivity index (χ1) is 8.99. The fraction of sp³-hybridized carbons (Fsp3) is 0. The normalized spacial score (nSPS) is 10.2. The number of nitro groups is 1. The summed E-state index contributed by atoms with van der Waals surface area (Å²) in [5.74, 6) is -2.40. The molecule has 0 saturated carbocycles. The van der Waals surface area contributed by atoms with Crippen LogP contribution in [0, 0.1) is 15.9 Å². The molecule has 1 N–H and O–H groups in total. The van der Waals surface area contributed by atoms with Crippen LogP contribution in [0.3, 0.4) is 0 Å². The summed E-state index contributed by atoms with van der Waals surface area (Å²) < 4.78 is 18.7. The highest BCUT2D eigenvalue weighted by molar-refractivity contribution is 7.12. The lowest BCUT2D eigenvalue weighted by molar-refractivity contribution is -0.385. The van der Waals surface area contributed by atoms with Gasteiger partial charge in [0.25, 0.3) is 5.69 Å². The Balaban J connectivity index is 2.31. The highest BCUT2D eigenvalue weighted by Crippen LogP contribution is 2.32. The molecule has 0 aliphatic heterocycles. The van der Waals surface area contributed by atoms with Gasteiger partial charge in [-0.1, -0.05) is 0 Å². The van der Waals surface area contributed by atoms with E-state index >= 15 is 0 Å². The summed E-state index contributed by atoms with van der Waals surface area (Å²) in [4.78, 5) is 20.5. The molecular weight excluding hydrogens is 277 g/mol. The molecule has 0 atom stereocenters. The van der Waals surface area contributed by atoms with Gasteiger partial charge in [-0.25, -0.2) is 9.18 Å². The standard InChI is InChI=1S/C11H6FNO5S/c12-7-5-6(13(16)17)1-2-8(7)18-9-3-4-19-10(9)11(14)15/h1-5H,(H,14,15). The molecule has 1 aromatic heterocycles. The number of benzene rings is 1. The number of non-ortho nitro benzene ring substituents is 1. The van der Waals surface area contributed by atoms with Gasteiger partial charge in [-0.05, 0) is 17.5 Å². The maximum absolute atomic E-state index is 13.6. The predicted molar refractivity (Wildman–Crippen MR) is 64.4 cm³/mol. The maximum atomic E-state index is 13.6. The van der Waals surface area contributed by atoms with Gasteiger partial charge in [-0.2, -0.15) is 0 Å². The third-order valence-electron chi connectivity index (χ3n) is 2.17. The lowest BCUT2D eigenvalue weighted by Crippen LogP contribution is -1.97. The highest BCUT2D eigenvalue weighted by atomic mass is 32.1. The lowest BCUT2D eigenvalue weighted by atomic mass is 10.3. The van der Waals surface area contributed by atoms with Gasteiger partial charge >= 0.3 is 5.97 Å². The molecular formula is C11H6FNO5S. The number of nitro benzene ring substituents is 1. The Morgan fingerprint density at radius 3 is 2.68 bits per heavy atom. The first-order valence-corrected chi connectivity index (χ1v) is 5.79. The van der Waals surface area contributed by atoms with Crippen molar-refractivity contribution in [2.45, 2.75) is 0 Å². The fourth-order valence-corrected chi connectivity index (χ4v) is 1.99. The number of rotatable bonds is 4. The molecule has 0 radical (unpaired) electrons. The van der Waals surface area contributed by atoms with Crippen LogP contribution in [0.5, 0.6) is 11.5 Å². The molecule has 0 fully saturated rings. The van der Waals surface area contributed by atoms with E-state index in [4.69, 9.17) is 9.84 Å². The molecule has 2 aromatic rings. The summed E-state index contributed by atoms with van der Waals surface area (Å²) >= 11 is 0.936. The Morgan fingerprint density at radius 2 is 2.11 bits per heavy atom. The number of carboxylic acids is 1. The summed E-state index contributed by atoms with van der Waals surface area (Å²) in [7, 11) is 0. The van der Waals surface area contributed by atoms with Gasteiger partial charge in [0.1, 0.15) is 0 Å². The van der Waals surface area contributed by atoms with Crippen LogP contribution in [-0.4, -0.2) is 16.0 Å². The second-order valence-electron chi connectivity index (χ2n) is 3.39. The van der Waals surface area contributed by atoms with E-state index in [1.165, 1.54) is 11.4 Å². The van der Waals surface area contributed by atoms with Crippen LogP contribution >= 0.6 is 11.3 Å². The summed E-state index contributed by atoms with van der Waals surface area (Å²) in [5.41, 5.74) is -0.409. The number of ether oxygens (including phenoxy) is 1. The van der Waals surface area contributed by atoms with Crippen LogP contribution < -0.4 is 4.74 Å². The van der Waals surface area contributed by atoms with E-state index in [0.717, 1.165) is 23.5 Å². The molecule has 0 amide bonds. The summed E-state index contributed by atoms with van der Waals surface area (Å²) in [5, 5.41) is 20.8. The first kappa shape index (κ1) is 13.0. The monoisotopic (exact) mass is 283 g/mol. The van der Waals surface area contributed by atoms with Crippen LogP contribution in [-0.2, 0) is 0 Å². The molecule has 0 saturated heterocycles. The SMILES string of the molecule is O=C(O)c1sccc1Oc1ccc([N+](=O)[O-])cc1F. The van der Waals surface area contributed by atoms with Crippen molar-refractivity contribution in [2.24, 2.45) is 0 Å². The smallest absolute Gasteiger partial charge is 0.349 e. The van der Waals surface area contributed by atoms with E-state index in [1.54, 1.807) is 0 Å². The molecule has 0 aliphatic rings. The Kier molecular flexibility index (Phi) is 3.43. The van der Waals surface area contributed by atoms with E-state index in [0.29, 0.717) is 6.07 Å². The van der Waals surface area contributed by atoms with Crippen molar-refractivity contribution < 1.29 is 24.0 Å². The summed E-state index contributed by atoms with van der Waals surface area (Å²) in [6, 6.07) is 4.25. The van der Waals surface area contributed by atoms with Crippen molar-refractivity contribution in [1.82, 2.24) is 0 Å². The second kappa shape index (κ2) is 5.02. The zero-order valence-corrected chi connectivity index (χ0v) is 10.0. The predicted octanol–water partition coefficient (Wildman–Crippen LogP) is 3.29. The topological polar surface area (TPSA) is 89.7 Å². The summed E-state index contributed by atoms with van der Waals surface area (Å²) in [6.07, 6.45) is 0. The average molecular weight is 283 g/mol. The molecule has 0 bridgehead atoms. The van der Waals surface area contributed by atoms with Crippen LogP contribution in [0.4, 0.5) is 10.1 Å². The second-order valence-corrected chi connectivity index (χ2v) is 4.31. The minimum Gasteiger partial charge on any atom is -0.477 e. The maximum Gasteiger partial charge on any atom is 0.349 e. The van der Waals surface area contributed by atoms with Gasteiger partial charge < -0.3 is 9.84 Å². The van der Waals surface area contributed by atoms with Crippen molar-refractivity contribution in [2.75, 3.05) is 0 Å². The number of nitrogens with zero attached hydrogens (tertiary/aromatic N) is 1. The van der Waals surface area contributed by atoms with E-state index in [2.05, 4.69) is 0 Å². The quantitative estimate of drug-likeness (QED) is 0.686. The van der Waals surface area contributed by atoms with Crippen LogP contribution in [0.2, 0.25) is 0 Å². The molecule has 0 aliphatic carbocycles. The Labute approximate surface area is 109 Å². The van der Waals surface area contributed by atoms with Gasteiger partial charge in [0.15, 0.2) is 22.2 Å². The molecule has 0 spiro atoms. The van der Waals surface area contributed by atoms with Crippen LogP contribution in [0.15, 0.2) is 29.6 Å². The minimum absolute atomic E-state index is 0.00902. The molecule has 98 valence electrons. The Morgan fingerprint density at radius 1 is 1.37 bits per heavy atom. The number of carbonyl (C=O) groups is 1. The van der Waals surface area contributed by atoms with Crippen LogP contribution in [0.25, 0.3) is 0 Å².